The molecular weight excluding hydrogens is 128 g/mol. The van der Waals surface area contributed by atoms with Crippen LogP contribution in [0.1, 0.15) is 26.2 Å². The van der Waals surface area contributed by atoms with E-state index in [0.29, 0.717) is 12.2 Å². The molecule has 0 spiro atoms. The van der Waals surface area contributed by atoms with Gasteiger partial charge < -0.3 is 4.74 Å². The first-order valence-corrected chi connectivity index (χ1v) is 3.58. The Morgan fingerprint density at radius 3 is 2.60 bits per heavy atom. The SMILES string of the molecule is CCC1=C(OC)C(=O)CC1. The highest BCUT2D eigenvalue weighted by Crippen LogP contribution is 2.25. The standard InChI is InChI=1S/C8H12O2/c1-3-6-4-5-7(9)8(6)10-2/h3-5H2,1-2H3. The molecule has 0 amide bonds. The zero-order chi connectivity index (χ0) is 7.56. The summed E-state index contributed by atoms with van der Waals surface area (Å²) in [6, 6.07) is 0. The van der Waals surface area contributed by atoms with Gasteiger partial charge in [0.25, 0.3) is 0 Å². The molecule has 2 nitrogen and oxygen atoms in total. The van der Waals surface area contributed by atoms with Gasteiger partial charge in [-0.15, -0.1) is 0 Å². The van der Waals surface area contributed by atoms with Gasteiger partial charge in [0.1, 0.15) is 0 Å². The summed E-state index contributed by atoms with van der Waals surface area (Å²) >= 11 is 0. The lowest BCUT2D eigenvalue weighted by Gasteiger charge is -2.00. The Labute approximate surface area is 60.9 Å². The van der Waals surface area contributed by atoms with Crippen LogP contribution in [0, 0.1) is 0 Å². The molecule has 1 rings (SSSR count). The Hall–Kier alpha value is -0.790. The van der Waals surface area contributed by atoms with Crippen LogP contribution in [0.25, 0.3) is 0 Å². The monoisotopic (exact) mass is 140 g/mol. The number of methoxy groups -OCH3 is 1. The molecule has 0 unspecified atom stereocenters. The van der Waals surface area contributed by atoms with E-state index in [1.807, 2.05) is 6.92 Å². The summed E-state index contributed by atoms with van der Waals surface area (Å²) in [6.07, 6.45) is 2.49. The molecule has 0 aromatic heterocycles. The second-order valence-corrected chi connectivity index (χ2v) is 2.41. The highest BCUT2D eigenvalue weighted by atomic mass is 16.5. The van der Waals surface area contributed by atoms with Crippen molar-refractivity contribution >= 4 is 5.78 Å². The molecule has 0 aromatic rings. The van der Waals surface area contributed by atoms with Crippen LogP contribution in [0.15, 0.2) is 11.3 Å². The first kappa shape index (κ1) is 7.32. The van der Waals surface area contributed by atoms with Crippen LogP contribution in [0.4, 0.5) is 0 Å². The fraction of sp³-hybridized carbons (Fsp3) is 0.625. The maximum absolute atomic E-state index is 11.0. The van der Waals surface area contributed by atoms with Gasteiger partial charge >= 0.3 is 0 Å². The zero-order valence-electron chi connectivity index (χ0n) is 6.44. The van der Waals surface area contributed by atoms with Gasteiger partial charge in [-0.25, -0.2) is 0 Å². The van der Waals surface area contributed by atoms with Crippen molar-refractivity contribution in [1.29, 1.82) is 0 Å². The van der Waals surface area contributed by atoms with E-state index in [1.165, 1.54) is 5.57 Å². The van der Waals surface area contributed by atoms with Crippen LogP contribution < -0.4 is 0 Å². The number of rotatable bonds is 2. The fourth-order valence-electron chi connectivity index (χ4n) is 1.28. The van der Waals surface area contributed by atoms with Crippen molar-refractivity contribution in [3.63, 3.8) is 0 Å². The molecule has 10 heavy (non-hydrogen) atoms. The maximum Gasteiger partial charge on any atom is 0.197 e. The predicted octanol–water partition coefficient (Wildman–Crippen LogP) is 1.66. The number of ether oxygens (including phenoxy) is 1. The average Bonchev–Trinajstić information content (AvgIpc) is 2.30. The van der Waals surface area contributed by atoms with E-state index in [4.69, 9.17) is 4.74 Å². The molecule has 56 valence electrons. The number of carbonyl (C=O) groups is 1. The van der Waals surface area contributed by atoms with Crippen molar-refractivity contribution in [3.8, 4) is 0 Å². The number of hydrogen-bond donors (Lipinski definition) is 0. The number of hydrogen-bond acceptors (Lipinski definition) is 2. The van der Waals surface area contributed by atoms with Crippen LogP contribution in [0.3, 0.4) is 0 Å². The lowest BCUT2D eigenvalue weighted by Crippen LogP contribution is -1.97. The first-order valence-electron chi connectivity index (χ1n) is 3.58. The Bertz CT molecular complexity index is 180. The number of allylic oxidation sites excluding steroid dienone is 2. The van der Waals surface area contributed by atoms with Gasteiger partial charge in [0.05, 0.1) is 7.11 Å². The molecule has 0 bridgehead atoms. The highest BCUT2D eigenvalue weighted by Gasteiger charge is 2.21. The second kappa shape index (κ2) is 2.86. The lowest BCUT2D eigenvalue weighted by molar-refractivity contribution is -0.117. The molecule has 0 saturated heterocycles. The molecule has 0 N–H and O–H groups in total. The Morgan fingerprint density at radius 1 is 1.50 bits per heavy atom. The summed E-state index contributed by atoms with van der Waals surface area (Å²) in [6.45, 7) is 2.05. The minimum atomic E-state index is 0.166. The molecule has 0 fully saturated rings. The average molecular weight is 140 g/mol. The normalized spacial score (nSPS) is 18.4. The Kier molecular flexibility index (Phi) is 2.10. The van der Waals surface area contributed by atoms with E-state index in [-0.39, 0.29) is 5.78 Å². The van der Waals surface area contributed by atoms with Gasteiger partial charge in [-0.05, 0) is 18.4 Å². The van der Waals surface area contributed by atoms with Crippen molar-refractivity contribution < 1.29 is 9.53 Å². The number of ketones is 1. The maximum atomic E-state index is 11.0. The molecule has 0 atom stereocenters. The largest absolute Gasteiger partial charge is 0.493 e. The van der Waals surface area contributed by atoms with Crippen molar-refractivity contribution in [2.24, 2.45) is 0 Å². The Balaban J connectivity index is 2.81. The van der Waals surface area contributed by atoms with E-state index in [1.54, 1.807) is 7.11 Å². The van der Waals surface area contributed by atoms with Gasteiger partial charge in [-0.3, -0.25) is 4.79 Å². The quantitative estimate of drug-likeness (QED) is 0.583. The van der Waals surface area contributed by atoms with Gasteiger partial charge in [0.2, 0.25) is 0 Å². The molecule has 0 aliphatic heterocycles. The minimum Gasteiger partial charge on any atom is -0.493 e. The van der Waals surface area contributed by atoms with Crippen LogP contribution in [-0.2, 0) is 9.53 Å². The summed E-state index contributed by atoms with van der Waals surface area (Å²) in [5.74, 6) is 0.779. The topological polar surface area (TPSA) is 26.3 Å². The number of carbonyl (C=O) groups excluding carboxylic acids is 1. The minimum absolute atomic E-state index is 0.166. The van der Waals surface area contributed by atoms with Crippen molar-refractivity contribution in [1.82, 2.24) is 0 Å². The van der Waals surface area contributed by atoms with E-state index in [0.717, 1.165) is 12.8 Å². The van der Waals surface area contributed by atoms with Gasteiger partial charge in [-0.2, -0.15) is 0 Å². The van der Waals surface area contributed by atoms with Crippen molar-refractivity contribution in [2.75, 3.05) is 7.11 Å². The van der Waals surface area contributed by atoms with Crippen LogP contribution in [0.5, 0.6) is 0 Å². The van der Waals surface area contributed by atoms with E-state index in [2.05, 4.69) is 0 Å². The molecule has 2 heteroatoms. The van der Waals surface area contributed by atoms with Crippen molar-refractivity contribution in [2.45, 2.75) is 26.2 Å². The second-order valence-electron chi connectivity index (χ2n) is 2.41. The zero-order valence-corrected chi connectivity index (χ0v) is 6.44. The molecule has 0 aromatic carbocycles. The smallest absolute Gasteiger partial charge is 0.197 e. The lowest BCUT2D eigenvalue weighted by atomic mass is 10.2. The van der Waals surface area contributed by atoms with Gasteiger partial charge in [0, 0.05) is 6.42 Å². The predicted molar refractivity (Wildman–Crippen MR) is 38.6 cm³/mol. The van der Waals surface area contributed by atoms with E-state index in [9.17, 15) is 4.79 Å². The summed E-state index contributed by atoms with van der Waals surface area (Å²) in [4.78, 5) is 11.0. The Morgan fingerprint density at radius 2 is 2.20 bits per heavy atom. The first-order chi connectivity index (χ1) is 4.79. The van der Waals surface area contributed by atoms with Gasteiger partial charge in [0.15, 0.2) is 11.5 Å². The summed E-state index contributed by atoms with van der Waals surface area (Å²) in [5, 5.41) is 0. The van der Waals surface area contributed by atoms with E-state index >= 15 is 0 Å². The third kappa shape index (κ3) is 1.06. The van der Waals surface area contributed by atoms with Crippen LogP contribution >= 0.6 is 0 Å². The molecule has 1 aliphatic carbocycles. The molecule has 0 heterocycles. The molecular formula is C8H12O2. The highest BCUT2D eigenvalue weighted by molar-refractivity contribution is 5.96. The van der Waals surface area contributed by atoms with Crippen LogP contribution in [0.2, 0.25) is 0 Å². The third-order valence-electron chi connectivity index (χ3n) is 1.86. The van der Waals surface area contributed by atoms with E-state index < -0.39 is 0 Å². The molecule has 0 radical (unpaired) electrons. The number of Topliss-reactive ketones (excluding diaryl/α,β-unsaturated/α-hetero) is 1. The van der Waals surface area contributed by atoms with Crippen molar-refractivity contribution in [3.05, 3.63) is 11.3 Å². The van der Waals surface area contributed by atoms with Crippen LogP contribution in [-0.4, -0.2) is 12.9 Å². The molecule has 0 saturated carbocycles. The van der Waals surface area contributed by atoms with Gasteiger partial charge in [-0.1, -0.05) is 6.92 Å². The fourth-order valence-corrected chi connectivity index (χ4v) is 1.28. The third-order valence-corrected chi connectivity index (χ3v) is 1.86. The summed E-state index contributed by atoms with van der Waals surface area (Å²) in [7, 11) is 1.56. The summed E-state index contributed by atoms with van der Waals surface area (Å²) in [5.41, 5.74) is 1.17. The molecule has 1 aliphatic rings. The summed E-state index contributed by atoms with van der Waals surface area (Å²) < 4.78 is 4.96.